The van der Waals surface area contributed by atoms with Crippen molar-refractivity contribution >= 4 is 27.3 Å². The number of rotatable bonds is 6. The van der Waals surface area contributed by atoms with Crippen LogP contribution in [0.4, 0.5) is 0 Å². The van der Waals surface area contributed by atoms with E-state index in [9.17, 15) is 13.2 Å². The van der Waals surface area contributed by atoms with Gasteiger partial charge in [-0.25, -0.2) is 13.4 Å². The summed E-state index contributed by atoms with van der Waals surface area (Å²) in [4.78, 5) is 17.0. The molecule has 0 radical (unpaired) electrons. The Morgan fingerprint density at radius 1 is 1.16 bits per heavy atom. The lowest BCUT2D eigenvalue weighted by molar-refractivity contribution is -0.0440. The van der Waals surface area contributed by atoms with Gasteiger partial charge in [0.1, 0.15) is 11.5 Å². The van der Waals surface area contributed by atoms with Crippen LogP contribution in [-0.4, -0.2) is 48.9 Å². The number of hydrogen-bond acceptors (Lipinski definition) is 7. The van der Waals surface area contributed by atoms with E-state index in [0.29, 0.717) is 30.2 Å². The van der Waals surface area contributed by atoms with Crippen molar-refractivity contribution < 1.29 is 22.4 Å². The first kappa shape index (κ1) is 22.7. The number of aryl methyl sites for hydroxylation is 1. The highest BCUT2D eigenvalue weighted by Crippen LogP contribution is 2.24. The maximum absolute atomic E-state index is 12.9. The zero-order valence-electron chi connectivity index (χ0n) is 18.1. The number of furan rings is 1. The summed E-state index contributed by atoms with van der Waals surface area (Å²) in [6.45, 7) is 6.46. The average molecular weight is 476 g/mol. The highest BCUT2D eigenvalue weighted by molar-refractivity contribution is 7.89. The molecule has 3 aromatic rings. The van der Waals surface area contributed by atoms with Gasteiger partial charge in [-0.1, -0.05) is 0 Å². The van der Waals surface area contributed by atoms with Crippen molar-refractivity contribution in [2.75, 3.05) is 13.1 Å². The highest BCUT2D eigenvalue weighted by Gasteiger charge is 2.32. The smallest absolute Gasteiger partial charge is 0.251 e. The van der Waals surface area contributed by atoms with Crippen molar-refractivity contribution in [2.24, 2.45) is 0 Å². The van der Waals surface area contributed by atoms with Crippen molar-refractivity contribution in [3.05, 3.63) is 58.1 Å². The van der Waals surface area contributed by atoms with Crippen molar-refractivity contribution in [3.63, 3.8) is 0 Å². The van der Waals surface area contributed by atoms with E-state index < -0.39 is 10.0 Å². The Kier molecular flexibility index (Phi) is 6.47. The molecule has 32 heavy (non-hydrogen) atoms. The zero-order valence-corrected chi connectivity index (χ0v) is 19.7. The van der Waals surface area contributed by atoms with E-state index >= 15 is 0 Å². The van der Waals surface area contributed by atoms with Crippen LogP contribution in [0.25, 0.3) is 11.5 Å². The van der Waals surface area contributed by atoms with Crippen LogP contribution >= 0.6 is 11.3 Å². The van der Waals surface area contributed by atoms with Gasteiger partial charge in [0.2, 0.25) is 10.0 Å². The first-order valence-corrected chi connectivity index (χ1v) is 12.6. The second kappa shape index (κ2) is 9.14. The highest BCUT2D eigenvalue weighted by atomic mass is 32.2. The summed E-state index contributed by atoms with van der Waals surface area (Å²) in [6.07, 6.45) is -0.333. The number of amides is 1. The van der Waals surface area contributed by atoms with Crippen molar-refractivity contribution in [1.29, 1.82) is 0 Å². The van der Waals surface area contributed by atoms with E-state index in [0.717, 1.165) is 10.7 Å². The van der Waals surface area contributed by atoms with Crippen LogP contribution in [-0.2, 0) is 21.3 Å². The average Bonchev–Trinajstić information content (AvgIpc) is 3.40. The number of nitrogens with one attached hydrogen (secondary N) is 1. The number of carbonyl (C=O) groups is 1. The number of aromatic nitrogens is 1. The molecule has 1 aromatic carbocycles. The van der Waals surface area contributed by atoms with E-state index in [4.69, 9.17) is 9.15 Å². The molecule has 1 fully saturated rings. The van der Waals surface area contributed by atoms with Crippen molar-refractivity contribution in [3.8, 4) is 11.5 Å². The number of benzene rings is 1. The molecule has 4 rings (SSSR count). The van der Waals surface area contributed by atoms with Crippen LogP contribution in [0.15, 0.2) is 51.1 Å². The normalized spacial score (nSPS) is 19.7. The minimum absolute atomic E-state index is 0.157. The monoisotopic (exact) mass is 475 g/mol. The molecular formula is C22H25N3O5S2. The summed E-state index contributed by atoms with van der Waals surface area (Å²) in [5.41, 5.74) is 1.14. The van der Waals surface area contributed by atoms with E-state index in [2.05, 4.69) is 10.3 Å². The molecule has 1 saturated heterocycles. The lowest BCUT2D eigenvalue weighted by Gasteiger charge is -2.34. The fourth-order valence-electron chi connectivity index (χ4n) is 3.61. The number of sulfonamides is 1. The molecule has 170 valence electrons. The molecule has 0 aliphatic carbocycles. The van der Waals surface area contributed by atoms with Gasteiger partial charge >= 0.3 is 0 Å². The summed E-state index contributed by atoms with van der Waals surface area (Å²) in [5.74, 6) is 0.943. The molecule has 2 aromatic heterocycles. The first-order valence-electron chi connectivity index (χ1n) is 10.3. The van der Waals surface area contributed by atoms with Crippen molar-refractivity contribution in [2.45, 2.75) is 44.4 Å². The van der Waals surface area contributed by atoms with Gasteiger partial charge in [-0.15, -0.1) is 11.3 Å². The minimum Gasteiger partial charge on any atom is -0.458 e. The van der Waals surface area contributed by atoms with Gasteiger partial charge in [-0.05, 0) is 57.2 Å². The summed E-state index contributed by atoms with van der Waals surface area (Å²) < 4.78 is 38.7. The number of ether oxygens (including phenoxy) is 1. The van der Waals surface area contributed by atoms with Crippen LogP contribution in [0.1, 0.15) is 35.0 Å². The molecule has 8 nitrogen and oxygen atoms in total. The van der Waals surface area contributed by atoms with Crippen LogP contribution in [0, 0.1) is 6.92 Å². The Morgan fingerprint density at radius 3 is 2.47 bits per heavy atom. The quantitative estimate of drug-likeness (QED) is 0.586. The molecule has 1 aliphatic heterocycles. The zero-order chi connectivity index (χ0) is 22.9. The molecule has 0 spiro atoms. The van der Waals surface area contributed by atoms with Crippen LogP contribution < -0.4 is 5.32 Å². The van der Waals surface area contributed by atoms with Gasteiger partial charge in [-0.2, -0.15) is 4.31 Å². The van der Waals surface area contributed by atoms with E-state index in [-0.39, 0.29) is 29.6 Å². The molecule has 0 unspecified atom stereocenters. The third-order valence-corrected chi connectivity index (χ3v) is 7.72. The predicted molar refractivity (Wildman–Crippen MR) is 121 cm³/mol. The Labute approximate surface area is 191 Å². The van der Waals surface area contributed by atoms with E-state index in [1.807, 2.05) is 32.2 Å². The fraction of sp³-hybridized carbons (Fsp3) is 0.364. The van der Waals surface area contributed by atoms with Crippen LogP contribution in [0.2, 0.25) is 0 Å². The van der Waals surface area contributed by atoms with Crippen LogP contribution in [0.3, 0.4) is 0 Å². The summed E-state index contributed by atoms with van der Waals surface area (Å²) in [7, 11) is -3.65. The minimum atomic E-state index is -3.65. The molecule has 2 atom stereocenters. The standard InChI is InChI=1S/C22H25N3O5S2/c1-14-11-25(12-15(2)29-14)32(27,28)19-7-4-17(5-8-19)22(26)23-10-18-6-9-21(30-18)20-13-31-16(3)24-20/h4-9,13-15H,10-12H2,1-3H3,(H,23,26)/t14-,15-/m0/s1. The number of morpholine rings is 1. The topological polar surface area (TPSA) is 102 Å². The summed E-state index contributed by atoms with van der Waals surface area (Å²) in [5, 5.41) is 5.67. The third kappa shape index (κ3) is 4.93. The number of carbonyl (C=O) groups excluding carboxylic acids is 1. The Hall–Kier alpha value is -2.53. The van der Waals surface area contributed by atoms with Crippen molar-refractivity contribution in [1.82, 2.24) is 14.6 Å². The Morgan fingerprint density at radius 2 is 1.84 bits per heavy atom. The van der Waals surface area contributed by atoms with Gasteiger partial charge in [0.25, 0.3) is 5.91 Å². The molecule has 1 aliphatic rings. The van der Waals surface area contributed by atoms with Gasteiger partial charge in [0.15, 0.2) is 5.76 Å². The molecular weight excluding hydrogens is 450 g/mol. The molecule has 1 N–H and O–H groups in total. The van der Waals surface area contributed by atoms with Gasteiger partial charge in [-0.3, -0.25) is 4.79 Å². The predicted octanol–water partition coefficient (Wildman–Crippen LogP) is 3.44. The third-order valence-electron chi connectivity index (χ3n) is 5.10. The summed E-state index contributed by atoms with van der Waals surface area (Å²) in [6, 6.07) is 9.57. The number of thiazole rings is 1. The lowest BCUT2D eigenvalue weighted by atomic mass is 10.2. The number of nitrogens with zero attached hydrogens (tertiary/aromatic N) is 2. The maximum Gasteiger partial charge on any atom is 0.251 e. The molecule has 1 amide bonds. The number of hydrogen-bond donors (Lipinski definition) is 1. The van der Waals surface area contributed by atoms with E-state index in [1.165, 1.54) is 28.6 Å². The molecule has 10 heteroatoms. The van der Waals surface area contributed by atoms with Gasteiger partial charge in [0.05, 0.1) is 28.7 Å². The van der Waals surface area contributed by atoms with Gasteiger partial charge < -0.3 is 14.5 Å². The maximum atomic E-state index is 12.9. The van der Waals surface area contributed by atoms with Gasteiger partial charge in [0, 0.05) is 24.0 Å². The first-order chi connectivity index (χ1) is 15.2. The second-order valence-corrected chi connectivity index (χ2v) is 10.8. The largest absolute Gasteiger partial charge is 0.458 e. The SMILES string of the molecule is Cc1nc(-c2ccc(CNC(=O)c3ccc(S(=O)(=O)N4C[C@H](C)O[C@@H](C)C4)cc3)o2)cs1. The molecule has 0 bridgehead atoms. The Bertz CT molecular complexity index is 1190. The lowest BCUT2D eigenvalue weighted by Crippen LogP contribution is -2.48. The second-order valence-electron chi connectivity index (χ2n) is 7.80. The molecule has 0 saturated carbocycles. The molecule has 3 heterocycles. The van der Waals surface area contributed by atoms with E-state index in [1.54, 1.807) is 17.4 Å². The Balaban J connectivity index is 1.38. The summed E-state index contributed by atoms with van der Waals surface area (Å²) >= 11 is 1.54. The fourth-order valence-corrected chi connectivity index (χ4v) is 5.80. The van der Waals surface area contributed by atoms with Crippen LogP contribution in [0.5, 0.6) is 0 Å².